The first-order valence-corrected chi connectivity index (χ1v) is 26.7. The van der Waals surface area contributed by atoms with Crippen molar-refractivity contribution in [3.8, 4) is 46.0 Å². The molecule has 6 aliphatic rings. The summed E-state index contributed by atoms with van der Waals surface area (Å²) in [4.78, 5) is 82.2. The number of aliphatic hydroxyl groups is 2. The number of fused-ring (bicyclic) bond motifs is 2. The number of rotatable bonds is 8. The highest BCUT2D eigenvalue weighted by Crippen LogP contribution is 2.37. The normalized spacial score (nSPS) is 20.2. The van der Waals surface area contributed by atoms with Gasteiger partial charge in [0.05, 0.1) is 106 Å². The molecule has 22 nitrogen and oxygen atoms in total. The molecule has 6 aliphatic heterocycles. The Labute approximate surface area is 463 Å². The average Bonchev–Trinajstić information content (AvgIpc) is 4.49. The van der Waals surface area contributed by atoms with Crippen LogP contribution in [-0.2, 0) is 27.4 Å². The smallest absolute Gasteiger partial charge is 0.417 e. The molecule has 0 spiro atoms. The van der Waals surface area contributed by atoms with Crippen molar-refractivity contribution < 1.29 is 47.7 Å². The first-order valence-electron chi connectivity index (χ1n) is 26.7. The number of carbonyl (C=O) groups is 5. The molecule has 81 heavy (non-hydrogen) atoms. The van der Waals surface area contributed by atoms with Gasteiger partial charge in [-0.1, -0.05) is 12.1 Å². The van der Waals surface area contributed by atoms with Gasteiger partial charge in [-0.15, -0.1) is 0 Å². The van der Waals surface area contributed by atoms with E-state index in [0.717, 1.165) is 30.6 Å². The van der Waals surface area contributed by atoms with E-state index in [-0.39, 0.29) is 101 Å². The van der Waals surface area contributed by atoms with Gasteiger partial charge in [0.1, 0.15) is 17.2 Å². The first-order chi connectivity index (χ1) is 38.8. The van der Waals surface area contributed by atoms with Crippen molar-refractivity contribution in [2.75, 3.05) is 62.2 Å². The largest absolute Gasteiger partial charge is 0.443 e. The van der Waals surface area contributed by atoms with E-state index >= 15 is 4.39 Å². The average molecular weight is 1100 g/mol. The minimum atomic E-state index is -1.53. The Morgan fingerprint density at radius 2 is 1.14 bits per heavy atom. The highest BCUT2D eigenvalue weighted by molar-refractivity contribution is 6.09. The number of anilines is 2. The molecule has 12 rings (SSSR count). The molecule has 2 aromatic carbocycles. The van der Waals surface area contributed by atoms with Crippen LogP contribution in [0.1, 0.15) is 103 Å². The number of nitrogens with zero attached hydrogens (tertiary/aromatic N) is 13. The maximum Gasteiger partial charge on any atom is 0.417 e. The van der Waals surface area contributed by atoms with Crippen LogP contribution in [0.2, 0.25) is 0 Å². The summed E-state index contributed by atoms with van der Waals surface area (Å²) in [6.07, 6.45) is 6.71. The number of nitriles is 2. The molecule has 10 heterocycles. The second kappa shape index (κ2) is 20.8. The summed E-state index contributed by atoms with van der Waals surface area (Å²) in [6.45, 7) is 8.65. The van der Waals surface area contributed by atoms with E-state index in [1.807, 2.05) is 17.0 Å². The number of nitrogens with one attached hydrogen (secondary N) is 1. The molecule has 2 atom stereocenters. The summed E-state index contributed by atoms with van der Waals surface area (Å²) in [5.74, 6) is -1.74. The van der Waals surface area contributed by atoms with Gasteiger partial charge in [0.2, 0.25) is 0 Å². The quantitative estimate of drug-likeness (QED) is 0.178. The number of hydrogen-bond donors (Lipinski definition) is 3. The number of ether oxygens (including phenoxy) is 1. The molecule has 2 unspecified atom stereocenters. The number of carbonyl (C=O) groups excluding carboxylic acids is 5. The van der Waals surface area contributed by atoms with Crippen LogP contribution < -0.4 is 15.1 Å². The number of β-amino-alcohol motifs (C(OH)–C–C–N with tert-alkyl or cyclic N) is 2. The highest BCUT2D eigenvalue weighted by Gasteiger charge is 2.48. The summed E-state index contributed by atoms with van der Waals surface area (Å²) in [5, 5.41) is 53.5. The summed E-state index contributed by atoms with van der Waals surface area (Å²) in [5.41, 5.74) is -1.64. The van der Waals surface area contributed by atoms with E-state index in [2.05, 4.69) is 25.5 Å². The maximum atomic E-state index is 15.1. The second-order valence-electron chi connectivity index (χ2n) is 21.9. The molecule has 0 bridgehead atoms. The van der Waals surface area contributed by atoms with Crippen LogP contribution in [0.3, 0.4) is 0 Å². The molecular weight excluding hydrogens is 1050 g/mol. The van der Waals surface area contributed by atoms with Crippen molar-refractivity contribution in [1.29, 1.82) is 10.5 Å². The number of benzene rings is 2. The van der Waals surface area contributed by atoms with Gasteiger partial charge in [0.15, 0.2) is 22.8 Å². The van der Waals surface area contributed by atoms with Gasteiger partial charge in [-0.3, -0.25) is 19.2 Å². The van der Waals surface area contributed by atoms with Crippen LogP contribution in [0, 0.1) is 34.3 Å². The number of hydrogen-bond acceptors (Lipinski definition) is 16. The van der Waals surface area contributed by atoms with Gasteiger partial charge in [-0.2, -0.15) is 20.7 Å². The third-order valence-electron chi connectivity index (χ3n) is 15.3. The molecule has 6 aromatic rings. The van der Waals surface area contributed by atoms with Gasteiger partial charge in [-0.05, 0) is 82.9 Å². The van der Waals surface area contributed by atoms with Crippen molar-refractivity contribution in [3.63, 3.8) is 0 Å². The minimum Gasteiger partial charge on any atom is -0.443 e. The highest BCUT2D eigenvalue weighted by atomic mass is 19.1. The van der Waals surface area contributed by atoms with E-state index in [0.29, 0.717) is 74.3 Å². The zero-order chi connectivity index (χ0) is 57.1. The molecule has 3 N–H and O–H groups in total. The number of pyridine rings is 2. The molecule has 24 heteroatoms. The van der Waals surface area contributed by atoms with Crippen molar-refractivity contribution in [3.05, 3.63) is 118 Å². The van der Waals surface area contributed by atoms with Crippen LogP contribution in [-0.4, -0.2) is 153 Å². The van der Waals surface area contributed by atoms with Crippen molar-refractivity contribution >= 4 is 41.4 Å². The fraction of sp³-hybridized carbons (Fsp3) is 0.386. The van der Waals surface area contributed by atoms with Gasteiger partial charge in [0.25, 0.3) is 23.6 Å². The Morgan fingerprint density at radius 3 is 1.60 bits per heavy atom. The van der Waals surface area contributed by atoms with E-state index in [9.17, 15) is 49.1 Å². The second-order valence-corrected chi connectivity index (χ2v) is 21.9. The lowest BCUT2D eigenvalue weighted by Crippen LogP contribution is -2.49. The molecule has 4 saturated heterocycles. The zero-order valence-corrected chi connectivity index (χ0v) is 44.7. The molecular formula is C57H56F2N14O8. The van der Waals surface area contributed by atoms with E-state index in [4.69, 9.17) is 4.74 Å². The summed E-state index contributed by atoms with van der Waals surface area (Å²) >= 11 is 0. The topological polar surface area (TPSA) is 272 Å². The third-order valence-corrected chi connectivity index (χ3v) is 15.3. The van der Waals surface area contributed by atoms with Gasteiger partial charge in [0, 0.05) is 76.6 Å². The van der Waals surface area contributed by atoms with Crippen LogP contribution in [0.25, 0.3) is 33.9 Å². The Hall–Kier alpha value is -9.13. The molecule has 0 saturated carbocycles. The van der Waals surface area contributed by atoms with Crippen LogP contribution in [0.15, 0.2) is 73.1 Å². The molecule has 5 amide bonds. The van der Waals surface area contributed by atoms with E-state index < -0.39 is 40.4 Å². The Bertz CT molecular complexity index is 3660. The Balaban J connectivity index is 0.000000173. The molecule has 0 aliphatic carbocycles. The van der Waals surface area contributed by atoms with Crippen LogP contribution >= 0.6 is 0 Å². The molecule has 0 radical (unpaired) electrons. The fourth-order valence-corrected chi connectivity index (χ4v) is 11.3. The maximum absolute atomic E-state index is 15.1. The van der Waals surface area contributed by atoms with E-state index in [1.165, 1.54) is 51.8 Å². The number of halogens is 2. The van der Waals surface area contributed by atoms with Crippen molar-refractivity contribution in [1.82, 2.24) is 49.5 Å². The van der Waals surface area contributed by atoms with Gasteiger partial charge < -0.3 is 39.9 Å². The number of likely N-dealkylation sites (tertiary alicyclic amines) is 2. The summed E-state index contributed by atoms with van der Waals surface area (Å²) < 4.78 is 38.3. The van der Waals surface area contributed by atoms with Gasteiger partial charge in [-0.25, -0.2) is 37.8 Å². The number of amides is 5. The SMILES string of the molecule is CC(C)(C)OC(=O)N1Cc2nc(-c3c(F)cccc3C#N)cc(-n3ccc(N4CCC(O)(C(=O)N5CCCC5)C4)n3)c2C1=O.N#Cc1cccc(F)c1-c1cc(-n2ccc(N3CCC(O)(C(=O)N4CCCC4)C3)n2)c2c(n1)CNC2=O. The van der Waals surface area contributed by atoms with Crippen molar-refractivity contribution in [2.45, 2.75) is 89.2 Å². The third kappa shape index (κ3) is 10.1. The summed E-state index contributed by atoms with van der Waals surface area (Å²) in [7, 11) is 0. The first kappa shape index (κ1) is 53.9. The predicted octanol–water partition coefficient (Wildman–Crippen LogP) is 5.15. The molecule has 4 aromatic heterocycles. The van der Waals surface area contributed by atoms with Crippen LogP contribution in [0.4, 0.5) is 25.2 Å². The summed E-state index contributed by atoms with van der Waals surface area (Å²) in [6, 6.07) is 18.8. The molecule has 4 fully saturated rings. The Morgan fingerprint density at radius 1 is 0.667 bits per heavy atom. The number of imide groups is 1. The fourth-order valence-electron chi connectivity index (χ4n) is 11.3. The number of aromatic nitrogens is 6. The lowest BCUT2D eigenvalue weighted by molar-refractivity contribution is -0.148. The Kier molecular flexibility index (Phi) is 13.9. The van der Waals surface area contributed by atoms with Gasteiger partial charge >= 0.3 is 6.09 Å². The predicted molar refractivity (Wildman–Crippen MR) is 285 cm³/mol. The lowest BCUT2D eigenvalue weighted by Gasteiger charge is -2.27. The lowest BCUT2D eigenvalue weighted by atomic mass is 10.0. The van der Waals surface area contributed by atoms with Crippen molar-refractivity contribution in [2.24, 2.45) is 0 Å². The van der Waals surface area contributed by atoms with Crippen LogP contribution in [0.5, 0.6) is 0 Å². The standard InChI is InChI=1S/C31H32FN7O5.C26H24FN7O3/c1-30(2,3)44-29(42)38-17-22-26(27(38)40)23(15-21(34-22)25-19(16-33)7-6-8-20(25)32)39-13-9-24(35-39)37-14-10-31(43,18-37)28(41)36-11-4-5-12-36;27-17-5-3-4-16(13-28)22(17)18-12-20(23-19(30-18)14-29-24(23)35)34-10-6-21(31-34)33-11-7-26(37,15-33)25(36)32-8-1-2-9-32/h6-9,13,15,43H,4-5,10-12,14,17-18H2,1-3H3;3-6,10,12,37H,1-2,7-9,11,14-15H2,(H,29,35). The monoisotopic (exact) mass is 1100 g/mol. The minimum absolute atomic E-state index is 0.0420. The zero-order valence-electron chi connectivity index (χ0n) is 44.7. The molecule has 416 valence electrons. The van der Waals surface area contributed by atoms with E-state index in [1.54, 1.807) is 66.1 Å².